The van der Waals surface area contributed by atoms with E-state index in [4.69, 9.17) is 4.74 Å². The van der Waals surface area contributed by atoms with Gasteiger partial charge in [0.25, 0.3) is 0 Å². The van der Waals surface area contributed by atoms with Crippen molar-refractivity contribution < 1.29 is 13.7 Å². The quantitative estimate of drug-likeness (QED) is 0.792. The van der Waals surface area contributed by atoms with Crippen molar-refractivity contribution in [1.82, 2.24) is 15.0 Å². The van der Waals surface area contributed by atoms with E-state index in [-0.39, 0.29) is 18.2 Å². The van der Waals surface area contributed by atoms with Gasteiger partial charge in [-0.2, -0.15) is 0 Å². The van der Waals surface area contributed by atoms with E-state index in [0.29, 0.717) is 6.54 Å². The number of carbonyl (C=O) groups excluding carboxylic acids is 1. The minimum atomic E-state index is -0.688. The van der Waals surface area contributed by atoms with E-state index < -0.39 is 10.8 Å². The lowest BCUT2D eigenvalue weighted by molar-refractivity contribution is 0.117. The van der Waals surface area contributed by atoms with Gasteiger partial charge >= 0.3 is 6.09 Å². The number of benzene rings is 1. The molecular weight excluding hydrogens is 354 g/mol. The Hall–Kier alpha value is -2.42. The van der Waals surface area contributed by atoms with Crippen LogP contribution < -0.4 is 9.80 Å². The summed E-state index contributed by atoms with van der Waals surface area (Å²) in [5.74, 6) is 1.44. The minimum Gasteiger partial charge on any atom is -0.442 e. The van der Waals surface area contributed by atoms with Gasteiger partial charge in [-0.05, 0) is 30.2 Å². The molecule has 1 aromatic carbocycles. The standard InChI is InChI=1S/C17H19N5O3S/c23-17-22-14-2-1-13(20-5-7-26(24)8-6-20)9-12(14)10-15(22)16(25-17)11-21-4-3-18-19-21/h1-4,9,15-16H,5-8,10-11H2/t15-,16-/m0/s1. The Labute approximate surface area is 153 Å². The molecule has 3 aliphatic heterocycles. The van der Waals surface area contributed by atoms with E-state index in [1.165, 1.54) is 5.56 Å². The number of amides is 1. The smallest absolute Gasteiger partial charge is 0.415 e. The summed E-state index contributed by atoms with van der Waals surface area (Å²) in [6.45, 7) is 2.14. The maximum absolute atomic E-state index is 12.4. The number of hydrogen-bond acceptors (Lipinski definition) is 6. The largest absolute Gasteiger partial charge is 0.442 e. The van der Waals surface area contributed by atoms with Gasteiger partial charge in [0.1, 0.15) is 6.10 Å². The third kappa shape index (κ3) is 2.57. The lowest BCUT2D eigenvalue weighted by Gasteiger charge is -2.29. The molecule has 2 aromatic rings. The van der Waals surface area contributed by atoms with Crippen LogP contribution in [0.1, 0.15) is 5.56 Å². The Morgan fingerprint density at radius 2 is 2.12 bits per heavy atom. The van der Waals surface area contributed by atoms with Crippen LogP contribution in [0.25, 0.3) is 0 Å². The van der Waals surface area contributed by atoms with Crippen LogP contribution in [0.2, 0.25) is 0 Å². The summed E-state index contributed by atoms with van der Waals surface area (Å²) in [5.41, 5.74) is 3.24. The van der Waals surface area contributed by atoms with Crippen LogP contribution in [0.15, 0.2) is 30.6 Å². The Morgan fingerprint density at radius 3 is 2.88 bits per heavy atom. The van der Waals surface area contributed by atoms with Crippen molar-refractivity contribution in [2.24, 2.45) is 0 Å². The van der Waals surface area contributed by atoms with Crippen molar-refractivity contribution in [3.63, 3.8) is 0 Å². The topological polar surface area (TPSA) is 80.6 Å². The maximum Gasteiger partial charge on any atom is 0.415 e. The molecule has 0 saturated carbocycles. The second kappa shape index (κ2) is 6.08. The maximum atomic E-state index is 12.4. The Bertz CT molecular complexity index is 861. The molecule has 1 aromatic heterocycles. The molecule has 136 valence electrons. The number of hydrogen-bond donors (Lipinski definition) is 0. The van der Waals surface area contributed by atoms with Crippen molar-refractivity contribution in [2.45, 2.75) is 25.1 Å². The van der Waals surface area contributed by atoms with Crippen molar-refractivity contribution >= 4 is 28.3 Å². The van der Waals surface area contributed by atoms with Gasteiger partial charge in [-0.25, -0.2) is 9.48 Å². The van der Waals surface area contributed by atoms with E-state index in [2.05, 4.69) is 21.3 Å². The van der Waals surface area contributed by atoms with Gasteiger partial charge in [-0.15, -0.1) is 5.10 Å². The monoisotopic (exact) mass is 373 g/mol. The average Bonchev–Trinajstić information content (AvgIpc) is 3.34. The second-order valence-corrected chi connectivity index (χ2v) is 8.53. The molecule has 9 heteroatoms. The third-order valence-corrected chi connectivity index (χ3v) is 6.62. The predicted octanol–water partition coefficient (Wildman–Crippen LogP) is 0.797. The molecule has 4 heterocycles. The number of nitrogens with zero attached hydrogens (tertiary/aromatic N) is 5. The van der Waals surface area contributed by atoms with Gasteiger partial charge in [-0.3, -0.25) is 9.11 Å². The van der Waals surface area contributed by atoms with E-state index in [9.17, 15) is 9.00 Å². The van der Waals surface area contributed by atoms with Crippen molar-refractivity contribution in [3.8, 4) is 0 Å². The molecule has 0 spiro atoms. The number of ether oxygens (including phenoxy) is 1. The molecule has 2 saturated heterocycles. The molecule has 2 atom stereocenters. The number of rotatable bonds is 3. The number of cyclic esters (lactones) is 1. The fourth-order valence-electron chi connectivity index (χ4n) is 4.03. The molecule has 8 nitrogen and oxygen atoms in total. The zero-order valence-electron chi connectivity index (χ0n) is 14.2. The first kappa shape index (κ1) is 15.8. The zero-order valence-corrected chi connectivity index (χ0v) is 15.0. The fraction of sp³-hybridized carbons (Fsp3) is 0.471. The highest BCUT2D eigenvalue weighted by Gasteiger charge is 2.47. The van der Waals surface area contributed by atoms with Crippen molar-refractivity contribution in [2.75, 3.05) is 34.4 Å². The molecule has 1 amide bonds. The molecule has 0 bridgehead atoms. The Kier molecular flexibility index (Phi) is 3.70. The summed E-state index contributed by atoms with van der Waals surface area (Å²) in [6.07, 6.45) is 3.64. The van der Waals surface area contributed by atoms with Crippen LogP contribution in [0.4, 0.5) is 16.2 Å². The molecule has 0 aliphatic carbocycles. The molecule has 0 radical (unpaired) electrons. The van der Waals surface area contributed by atoms with Crippen LogP contribution in [-0.2, 0) is 28.5 Å². The molecule has 2 fully saturated rings. The van der Waals surface area contributed by atoms with Crippen LogP contribution in [-0.4, -0.2) is 62.0 Å². The normalized spacial score (nSPS) is 25.3. The zero-order chi connectivity index (χ0) is 17.7. The van der Waals surface area contributed by atoms with Crippen LogP contribution >= 0.6 is 0 Å². The summed E-state index contributed by atoms with van der Waals surface area (Å²) in [7, 11) is -0.688. The van der Waals surface area contributed by atoms with E-state index >= 15 is 0 Å². The van der Waals surface area contributed by atoms with Crippen LogP contribution in [0.5, 0.6) is 0 Å². The molecule has 3 aliphatic rings. The summed E-state index contributed by atoms with van der Waals surface area (Å²) in [6, 6.07) is 6.22. The summed E-state index contributed by atoms with van der Waals surface area (Å²) in [5, 5.41) is 7.78. The minimum absolute atomic E-state index is 0.00851. The van der Waals surface area contributed by atoms with E-state index in [0.717, 1.165) is 42.4 Å². The van der Waals surface area contributed by atoms with Gasteiger partial charge in [0.05, 0.1) is 24.5 Å². The summed E-state index contributed by atoms with van der Waals surface area (Å²) >= 11 is 0. The number of fused-ring (bicyclic) bond motifs is 3. The first-order valence-corrected chi connectivity index (χ1v) is 10.2. The van der Waals surface area contributed by atoms with E-state index in [1.54, 1.807) is 22.0 Å². The molecule has 5 rings (SSSR count). The first-order valence-electron chi connectivity index (χ1n) is 8.76. The summed E-state index contributed by atoms with van der Waals surface area (Å²) in [4.78, 5) is 16.4. The van der Waals surface area contributed by atoms with Crippen LogP contribution in [0.3, 0.4) is 0 Å². The summed E-state index contributed by atoms with van der Waals surface area (Å²) < 4.78 is 18.8. The highest BCUT2D eigenvalue weighted by molar-refractivity contribution is 7.85. The van der Waals surface area contributed by atoms with E-state index in [1.807, 2.05) is 12.1 Å². The van der Waals surface area contributed by atoms with Gasteiger partial charge in [0.15, 0.2) is 0 Å². The fourth-order valence-corrected chi connectivity index (χ4v) is 5.08. The third-order valence-electron chi connectivity index (χ3n) is 5.34. The number of aromatic nitrogens is 3. The Balaban J connectivity index is 1.38. The van der Waals surface area contributed by atoms with Crippen molar-refractivity contribution in [3.05, 3.63) is 36.2 Å². The molecule has 0 N–H and O–H groups in total. The van der Waals surface area contributed by atoms with Gasteiger partial charge < -0.3 is 9.64 Å². The van der Waals surface area contributed by atoms with Gasteiger partial charge in [-0.1, -0.05) is 5.21 Å². The predicted molar refractivity (Wildman–Crippen MR) is 96.8 cm³/mol. The van der Waals surface area contributed by atoms with Gasteiger partial charge in [0, 0.05) is 47.3 Å². The molecular formula is C17H19N5O3S. The SMILES string of the molecule is O=C1O[C@@H](Cn2ccnn2)[C@@H]2Cc3cc(N4CCS(=O)CC4)ccc3N12. The second-order valence-electron chi connectivity index (χ2n) is 6.84. The molecule has 0 unspecified atom stereocenters. The lowest BCUT2D eigenvalue weighted by atomic mass is 10.0. The van der Waals surface area contributed by atoms with Crippen molar-refractivity contribution in [1.29, 1.82) is 0 Å². The Morgan fingerprint density at radius 1 is 1.27 bits per heavy atom. The van der Waals surface area contributed by atoms with Gasteiger partial charge in [0.2, 0.25) is 0 Å². The first-order chi connectivity index (χ1) is 12.7. The lowest BCUT2D eigenvalue weighted by Crippen LogP contribution is -2.37. The number of anilines is 2. The highest BCUT2D eigenvalue weighted by Crippen LogP contribution is 2.40. The average molecular weight is 373 g/mol. The number of carbonyl (C=O) groups is 1. The highest BCUT2D eigenvalue weighted by atomic mass is 32.2. The van der Waals surface area contributed by atoms with Crippen LogP contribution in [0, 0.1) is 0 Å². The molecule has 26 heavy (non-hydrogen) atoms.